The van der Waals surface area contributed by atoms with Crippen molar-refractivity contribution in [3.05, 3.63) is 59.4 Å². The second kappa shape index (κ2) is 5.84. The molecular weight excluding hydrogens is 306 g/mol. The van der Waals surface area contributed by atoms with Crippen LogP contribution in [0, 0.1) is 19.8 Å². The second-order valence-electron chi connectivity index (χ2n) is 8.13. The van der Waals surface area contributed by atoms with E-state index in [9.17, 15) is 0 Å². The van der Waals surface area contributed by atoms with Gasteiger partial charge in [-0.25, -0.2) is 0 Å². The lowest BCUT2D eigenvalue weighted by Crippen LogP contribution is -2.60. The summed E-state index contributed by atoms with van der Waals surface area (Å²) in [7, 11) is 0. The first kappa shape index (κ1) is 15.4. The van der Waals surface area contributed by atoms with Crippen LogP contribution in [0.5, 0.6) is 0 Å². The van der Waals surface area contributed by atoms with Crippen LogP contribution in [-0.4, -0.2) is 41.6 Å². The standard InChI is InChI=1S/C22H27N3/c1-15-12-19(13-16(2)23-15)25-14-20(17-6-4-3-5-7-17)22-21(25)18-8-10-24(22)11-9-18/h3-7,12-13,18,20-22H,8-11,14H2,1-2H3/t20-,21+,22+/m0/s1. The maximum Gasteiger partial charge on any atom is 0.0481 e. The Kier molecular flexibility index (Phi) is 3.60. The molecule has 25 heavy (non-hydrogen) atoms. The molecule has 1 aromatic carbocycles. The monoisotopic (exact) mass is 333 g/mol. The third-order valence-electron chi connectivity index (χ3n) is 6.62. The van der Waals surface area contributed by atoms with Crippen molar-refractivity contribution in [1.29, 1.82) is 0 Å². The fraction of sp³-hybridized carbons (Fsp3) is 0.500. The van der Waals surface area contributed by atoms with Gasteiger partial charge in [0, 0.05) is 41.6 Å². The van der Waals surface area contributed by atoms with Crippen molar-refractivity contribution in [3.63, 3.8) is 0 Å². The number of piperidine rings is 3. The van der Waals surface area contributed by atoms with Gasteiger partial charge in [0.25, 0.3) is 0 Å². The summed E-state index contributed by atoms with van der Waals surface area (Å²) in [6, 6.07) is 17.1. The molecule has 2 aromatic rings. The van der Waals surface area contributed by atoms with Crippen LogP contribution in [0.3, 0.4) is 0 Å². The Bertz CT molecular complexity index is 744. The van der Waals surface area contributed by atoms with Gasteiger partial charge in [0.15, 0.2) is 0 Å². The van der Waals surface area contributed by atoms with E-state index < -0.39 is 0 Å². The number of benzene rings is 1. The molecule has 0 amide bonds. The molecule has 2 bridgehead atoms. The van der Waals surface area contributed by atoms with Crippen LogP contribution in [-0.2, 0) is 0 Å². The Morgan fingerprint density at radius 3 is 2.28 bits per heavy atom. The minimum absolute atomic E-state index is 0.614. The highest BCUT2D eigenvalue weighted by molar-refractivity contribution is 5.53. The fourth-order valence-electron chi connectivity index (χ4n) is 5.69. The van der Waals surface area contributed by atoms with Crippen molar-refractivity contribution >= 4 is 5.69 Å². The Hall–Kier alpha value is -1.87. The van der Waals surface area contributed by atoms with Gasteiger partial charge in [-0.05, 0) is 63.4 Å². The molecule has 0 N–H and O–H groups in total. The Morgan fingerprint density at radius 2 is 1.60 bits per heavy atom. The maximum atomic E-state index is 4.60. The number of pyridine rings is 1. The summed E-state index contributed by atoms with van der Waals surface area (Å²) >= 11 is 0. The zero-order valence-electron chi connectivity index (χ0n) is 15.2. The molecule has 130 valence electrons. The average Bonchev–Trinajstić information content (AvgIpc) is 3.05. The zero-order chi connectivity index (χ0) is 17.0. The number of aryl methyl sites for hydroxylation is 2. The van der Waals surface area contributed by atoms with E-state index in [0.29, 0.717) is 18.0 Å². The van der Waals surface area contributed by atoms with E-state index >= 15 is 0 Å². The number of rotatable bonds is 2. The van der Waals surface area contributed by atoms with E-state index in [1.54, 1.807) is 0 Å². The minimum Gasteiger partial charge on any atom is -0.366 e. The molecule has 0 spiro atoms. The maximum absolute atomic E-state index is 4.60. The quantitative estimate of drug-likeness (QED) is 0.834. The van der Waals surface area contributed by atoms with E-state index in [4.69, 9.17) is 0 Å². The zero-order valence-corrected chi connectivity index (χ0v) is 15.2. The first-order valence-electron chi connectivity index (χ1n) is 9.71. The fourth-order valence-corrected chi connectivity index (χ4v) is 5.69. The molecule has 5 heterocycles. The highest BCUT2D eigenvalue weighted by Crippen LogP contribution is 2.48. The number of hydrogen-bond acceptors (Lipinski definition) is 3. The van der Waals surface area contributed by atoms with Crippen LogP contribution in [0.4, 0.5) is 5.69 Å². The summed E-state index contributed by atoms with van der Waals surface area (Å²) in [5.74, 6) is 1.46. The van der Waals surface area contributed by atoms with Gasteiger partial charge in [0.2, 0.25) is 0 Å². The van der Waals surface area contributed by atoms with Gasteiger partial charge in [-0.1, -0.05) is 30.3 Å². The van der Waals surface area contributed by atoms with E-state index in [2.05, 4.69) is 71.1 Å². The van der Waals surface area contributed by atoms with Gasteiger partial charge in [0.1, 0.15) is 0 Å². The number of fused-ring (bicyclic) bond motifs is 2. The Morgan fingerprint density at radius 1 is 0.920 bits per heavy atom. The largest absolute Gasteiger partial charge is 0.366 e. The highest BCUT2D eigenvalue weighted by Gasteiger charge is 2.53. The molecule has 3 atom stereocenters. The summed E-state index contributed by atoms with van der Waals surface area (Å²) in [4.78, 5) is 10.1. The minimum atomic E-state index is 0.614. The lowest BCUT2D eigenvalue weighted by molar-refractivity contribution is 0.0356. The molecule has 6 rings (SSSR count). The summed E-state index contributed by atoms with van der Waals surface area (Å²) in [5, 5.41) is 0. The van der Waals surface area contributed by atoms with Gasteiger partial charge < -0.3 is 4.90 Å². The third-order valence-corrected chi connectivity index (χ3v) is 6.62. The van der Waals surface area contributed by atoms with Crippen LogP contribution in [0.25, 0.3) is 0 Å². The lowest BCUT2D eigenvalue weighted by atomic mass is 9.75. The Labute approximate surface area is 150 Å². The first-order valence-corrected chi connectivity index (χ1v) is 9.71. The average molecular weight is 333 g/mol. The summed E-state index contributed by atoms with van der Waals surface area (Å²) in [5.41, 5.74) is 5.16. The molecule has 0 radical (unpaired) electrons. The second-order valence-corrected chi connectivity index (χ2v) is 8.13. The SMILES string of the molecule is Cc1cc(N2C[C@@H](c3ccccc3)[C@@H]3[C@H]2C2CCN3CC2)cc(C)n1. The van der Waals surface area contributed by atoms with E-state index in [0.717, 1.165) is 23.9 Å². The summed E-state index contributed by atoms with van der Waals surface area (Å²) in [6.45, 7) is 7.95. The van der Waals surface area contributed by atoms with E-state index in [-0.39, 0.29) is 0 Å². The van der Waals surface area contributed by atoms with Gasteiger partial charge in [-0.3, -0.25) is 9.88 Å². The predicted octanol–water partition coefficient (Wildman–Crippen LogP) is 3.77. The number of nitrogens with zero attached hydrogens (tertiary/aromatic N) is 3. The van der Waals surface area contributed by atoms with Crippen LogP contribution in [0.2, 0.25) is 0 Å². The Balaban J connectivity index is 1.58. The molecule has 3 nitrogen and oxygen atoms in total. The molecule has 1 aromatic heterocycles. The van der Waals surface area contributed by atoms with Crippen LogP contribution in [0.15, 0.2) is 42.5 Å². The smallest absolute Gasteiger partial charge is 0.0481 e. The predicted molar refractivity (Wildman–Crippen MR) is 102 cm³/mol. The first-order chi connectivity index (χ1) is 12.2. The van der Waals surface area contributed by atoms with Gasteiger partial charge >= 0.3 is 0 Å². The highest BCUT2D eigenvalue weighted by atomic mass is 15.3. The van der Waals surface area contributed by atoms with Crippen molar-refractivity contribution in [2.24, 2.45) is 5.92 Å². The topological polar surface area (TPSA) is 19.4 Å². The van der Waals surface area contributed by atoms with E-state index in [1.807, 2.05) is 0 Å². The molecule has 4 fully saturated rings. The number of aromatic nitrogens is 1. The van der Waals surface area contributed by atoms with Crippen LogP contribution < -0.4 is 4.90 Å². The number of anilines is 1. The molecular formula is C22H27N3. The molecule has 0 aliphatic carbocycles. The third kappa shape index (κ3) is 2.48. The normalized spacial score (nSPS) is 33.5. The van der Waals surface area contributed by atoms with Crippen molar-refractivity contribution in [2.75, 3.05) is 24.5 Å². The molecule has 4 aliphatic rings. The van der Waals surface area contributed by atoms with Gasteiger partial charge in [0.05, 0.1) is 0 Å². The van der Waals surface area contributed by atoms with Gasteiger partial charge in [-0.2, -0.15) is 0 Å². The van der Waals surface area contributed by atoms with Crippen LogP contribution >= 0.6 is 0 Å². The summed E-state index contributed by atoms with van der Waals surface area (Å²) < 4.78 is 0. The molecule has 0 saturated carbocycles. The molecule has 4 aliphatic heterocycles. The van der Waals surface area contributed by atoms with Gasteiger partial charge in [-0.15, -0.1) is 0 Å². The molecule has 4 saturated heterocycles. The number of hydrogen-bond donors (Lipinski definition) is 0. The van der Waals surface area contributed by atoms with Crippen molar-refractivity contribution in [2.45, 2.75) is 44.7 Å². The van der Waals surface area contributed by atoms with Crippen LogP contribution in [0.1, 0.15) is 35.7 Å². The molecule has 3 heteroatoms. The lowest BCUT2D eigenvalue weighted by Gasteiger charge is -2.51. The van der Waals surface area contributed by atoms with Crippen molar-refractivity contribution in [1.82, 2.24) is 9.88 Å². The molecule has 0 unspecified atom stereocenters. The summed E-state index contributed by atoms with van der Waals surface area (Å²) in [6.07, 6.45) is 2.73. The van der Waals surface area contributed by atoms with Crippen molar-refractivity contribution < 1.29 is 0 Å². The van der Waals surface area contributed by atoms with Crippen molar-refractivity contribution in [3.8, 4) is 0 Å². The van der Waals surface area contributed by atoms with E-state index in [1.165, 1.54) is 37.2 Å².